The van der Waals surface area contributed by atoms with Crippen molar-refractivity contribution < 1.29 is 18.7 Å². The molecule has 1 amide bonds. The number of ketones is 1. The second-order valence-electron chi connectivity index (χ2n) is 8.02. The zero-order valence-corrected chi connectivity index (χ0v) is 19.3. The highest BCUT2D eigenvalue weighted by Crippen LogP contribution is 2.22. The fraction of sp³-hybridized carbons (Fsp3) is 0.154. The van der Waals surface area contributed by atoms with E-state index < -0.39 is 17.5 Å². The molecule has 9 heteroatoms. The van der Waals surface area contributed by atoms with Crippen LogP contribution >= 0.6 is 11.6 Å². The highest BCUT2D eigenvalue weighted by molar-refractivity contribution is 6.31. The van der Waals surface area contributed by atoms with Crippen LogP contribution in [0.5, 0.6) is 0 Å². The summed E-state index contributed by atoms with van der Waals surface area (Å²) in [5, 5.41) is 3.03. The van der Waals surface area contributed by atoms with Gasteiger partial charge in [-0.2, -0.15) is 0 Å². The maximum Gasteiger partial charge on any atom is 0.255 e. The highest BCUT2D eigenvalue weighted by atomic mass is 35.5. The van der Waals surface area contributed by atoms with Crippen molar-refractivity contribution in [2.75, 3.05) is 36.5 Å². The average Bonchev–Trinajstić information content (AvgIpc) is 2.88. The number of aromatic nitrogens is 2. The van der Waals surface area contributed by atoms with Gasteiger partial charge in [0.15, 0.2) is 5.78 Å². The van der Waals surface area contributed by atoms with Gasteiger partial charge in [0.25, 0.3) is 5.91 Å². The van der Waals surface area contributed by atoms with Gasteiger partial charge in [0, 0.05) is 34.9 Å². The first-order valence-corrected chi connectivity index (χ1v) is 11.4. The Morgan fingerprint density at radius 2 is 1.80 bits per heavy atom. The van der Waals surface area contributed by atoms with Gasteiger partial charge in [0.2, 0.25) is 0 Å². The summed E-state index contributed by atoms with van der Waals surface area (Å²) < 4.78 is 20.3. The van der Waals surface area contributed by atoms with Crippen LogP contribution in [0.25, 0.3) is 11.0 Å². The fourth-order valence-corrected chi connectivity index (χ4v) is 4.04. The van der Waals surface area contributed by atoms with Crippen molar-refractivity contribution in [2.45, 2.75) is 0 Å². The number of anilines is 2. The smallest absolute Gasteiger partial charge is 0.255 e. The van der Waals surface area contributed by atoms with E-state index in [1.54, 1.807) is 42.6 Å². The number of halogens is 2. The summed E-state index contributed by atoms with van der Waals surface area (Å²) in [6, 6.07) is 15.3. The summed E-state index contributed by atoms with van der Waals surface area (Å²) in [7, 11) is 0. The molecule has 2 heterocycles. The number of hydrogen-bond acceptors (Lipinski definition) is 6. The Labute approximate surface area is 205 Å². The van der Waals surface area contributed by atoms with Crippen molar-refractivity contribution >= 4 is 45.8 Å². The van der Waals surface area contributed by atoms with Gasteiger partial charge < -0.3 is 15.0 Å². The lowest BCUT2D eigenvalue weighted by Crippen LogP contribution is -2.36. The summed E-state index contributed by atoms with van der Waals surface area (Å²) >= 11 is 5.92. The second kappa shape index (κ2) is 9.77. The normalized spacial score (nSPS) is 13.6. The Balaban J connectivity index is 1.37. The van der Waals surface area contributed by atoms with E-state index >= 15 is 0 Å². The van der Waals surface area contributed by atoms with Crippen LogP contribution in [0.15, 0.2) is 66.9 Å². The van der Waals surface area contributed by atoms with Crippen molar-refractivity contribution in [1.82, 2.24) is 9.97 Å². The summed E-state index contributed by atoms with van der Waals surface area (Å²) in [5.41, 5.74) is 1.93. The van der Waals surface area contributed by atoms with Crippen LogP contribution in [0.4, 0.5) is 15.9 Å². The van der Waals surface area contributed by atoms with Crippen molar-refractivity contribution in [3.05, 3.63) is 94.4 Å². The zero-order chi connectivity index (χ0) is 24.4. The SMILES string of the molecule is O=C(Nc1ccc(C(=O)c2ccc3ncc(N4CCOCC4)nc3c2)c(F)c1)c1cccc(Cl)c1. The van der Waals surface area contributed by atoms with Crippen LogP contribution in [0, 0.1) is 5.82 Å². The number of ether oxygens (including phenoxy) is 1. The molecular formula is C26H20ClFN4O3. The van der Waals surface area contributed by atoms with Gasteiger partial charge in [0.05, 0.1) is 36.0 Å². The Hall–Kier alpha value is -3.88. The lowest BCUT2D eigenvalue weighted by molar-refractivity contribution is 0.102. The molecule has 0 bridgehead atoms. The van der Waals surface area contributed by atoms with Crippen molar-refractivity contribution in [2.24, 2.45) is 0 Å². The number of fused-ring (bicyclic) bond motifs is 1. The third kappa shape index (κ3) is 4.99. The number of carbonyl (C=O) groups is 2. The van der Waals surface area contributed by atoms with Gasteiger partial charge in [-0.1, -0.05) is 17.7 Å². The van der Waals surface area contributed by atoms with Gasteiger partial charge >= 0.3 is 0 Å². The first kappa shape index (κ1) is 22.9. The van der Waals surface area contributed by atoms with E-state index in [0.29, 0.717) is 59.3 Å². The molecule has 0 spiro atoms. The molecule has 0 atom stereocenters. The van der Waals surface area contributed by atoms with E-state index in [9.17, 15) is 14.0 Å². The summed E-state index contributed by atoms with van der Waals surface area (Å²) in [6.45, 7) is 2.66. The maximum absolute atomic E-state index is 14.9. The Bertz CT molecular complexity index is 1440. The first-order valence-electron chi connectivity index (χ1n) is 11.0. The maximum atomic E-state index is 14.9. The van der Waals surface area contributed by atoms with Crippen LogP contribution in [-0.4, -0.2) is 48.0 Å². The van der Waals surface area contributed by atoms with Crippen LogP contribution in [0.2, 0.25) is 5.02 Å². The molecule has 0 aliphatic carbocycles. The van der Waals surface area contributed by atoms with Crippen LogP contribution < -0.4 is 10.2 Å². The molecule has 0 unspecified atom stereocenters. The number of rotatable bonds is 5. The molecule has 0 saturated carbocycles. The third-order valence-corrected chi connectivity index (χ3v) is 5.92. The van der Waals surface area contributed by atoms with E-state index in [2.05, 4.69) is 20.2 Å². The molecule has 7 nitrogen and oxygen atoms in total. The van der Waals surface area contributed by atoms with Gasteiger partial charge in [-0.25, -0.2) is 9.37 Å². The van der Waals surface area contributed by atoms with Crippen LogP contribution in [-0.2, 0) is 4.74 Å². The molecule has 1 fully saturated rings. The number of hydrogen-bond donors (Lipinski definition) is 1. The number of carbonyl (C=O) groups excluding carboxylic acids is 2. The molecule has 3 aromatic carbocycles. The highest BCUT2D eigenvalue weighted by Gasteiger charge is 2.18. The summed E-state index contributed by atoms with van der Waals surface area (Å²) in [5.74, 6) is -0.964. The Kier molecular flexibility index (Phi) is 6.39. The predicted octanol–water partition coefficient (Wildman–Crippen LogP) is 4.74. The van der Waals surface area contributed by atoms with E-state index in [1.165, 1.54) is 18.2 Å². The average molecular weight is 491 g/mol. The molecule has 1 N–H and O–H groups in total. The fourth-order valence-electron chi connectivity index (χ4n) is 3.85. The van der Waals surface area contributed by atoms with Crippen molar-refractivity contribution in [1.29, 1.82) is 0 Å². The molecule has 5 rings (SSSR count). The van der Waals surface area contributed by atoms with Crippen LogP contribution in [0.3, 0.4) is 0 Å². The molecule has 1 aliphatic rings. The number of amides is 1. The minimum atomic E-state index is -0.743. The van der Waals surface area contributed by atoms with Gasteiger partial charge in [-0.05, 0) is 54.6 Å². The van der Waals surface area contributed by atoms with E-state index in [4.69, 9.17) is 16.3 Å². The third-order valence-electron chi connectivity index (χ3n) is 5.69. The molecule has 4 aromatic rings. The second-order valence-corrected chi connectivity index (χ2v) is 8.46. The number of nitrogens with one attached hydrogen (secondary N) is 1. The minimum Gasteiger partial charge on any atom is -0.378 e. The van der Waals surface area contributed by atoms with Gasteiger partial charge in [-0.3, -0.25) is 14.6 Å². The van der Waals surface area contributed by atoms with Crippen molar-refractivity contribution in [3.63, 3.8) is 0 Å². The standard InChI is InChI=1S/C26H20ClFN4O3/c27-18-3-1-2-17(12-18)26(34)30-19-5-6-20(21(28)14-19)25(33)16-4-7-22-23(13-16)31-24(15-29-22)32-8-10-35-11-9-32/h1-7,12-15H,8-11H2,(H,30,34). The van der Waals surface area contributed by atoms with Crippen molar-refractivity contribution in [3.8, 4) is 0 Å². The molecule has 1 aromatic heterocycles. The number of benzene rings is 3. The summed E-state index contributed by atoms with van der Waals surface area (Å²) in [6.07, 6.45) is 1.70. The first-order chi connectivity index (χ1) is 17.0. The molecule has 176 valence electrons. The van der Waals surface area contributed by atoms with E-state index in [1.807, 2.05) is 0 Å². The topological polar surface area (TPSA) is 84.4 Å². The molecule has 35 heavy (non-hydrogen) atoms. The quantitative estimate of drug-likeness (QED) is 0.407. The van der Waals surface area contributed by atoms with Gasteiger partial charge in [0.1, 0.15) is 11.6 Å². The Morgan fingerprint density at radius 1 is 0.971 bits per heavy atom. The lowest BCUT2D eigenvalue weighted by Gasteiger charge is -2.27. The molecule has 1 saturated heterocycles. The van der Waals surface area contributed by atoms with Crippen LogP contribution in [0.1, 0.15) is 26.3 Å². The number of nitrogens with zero attached hydrogens (tertiary/aromatic N) is 3. The largest absolute Gasteiger partial charge is 0.378 e. The molecule has 1 aliphatic heterocycles. The lowest BCUT2D eigenvalue weighted by atomic mass is 10.0. The van der Waals surface area contributed by atoms with E-state index in [-0.39, 0.29) is 11.3 Å². The molecular weight excluding hydrogens is 471 g/mol. The molecule has 0 radical (unpaired) electrons. The predicted molar refractivity (Wildman–Crippen MR) is 132 cm³/mol. The summed E-state index contributed by atoms with van der Waals surface area (Å²) in [4.78, 5) is 36.6. The number of morpholine rings is 1. The van der Waals surface area contributed by atoms with Gasteiger partial charge in [-0.15, -0.1) is 0 Å². The minimum absolute atomic E-state index is 0.109. The zero-order valence-electron chi connectivity index (χ0n) is 18.5. The Morgan fingerprint density at radius 3 is 2.57 bits per heavy atom. The van der Waals surface area contributed by atoms with E-state index in [0.717, 1.165) is 6.07 Å². The monoisotopic (exact) mass is 490 g/mol.